The molecule has 0 atom stereocenters. The van der Waals surface area contributed by atoms with E-state index in [1.54, 1.807) is 11.3 Å². The number of anilines is 1. The Labute approximate surface area is 178 Å². The van der Waals surface area contributed by atoms with E-state index >= 15 is 0 Å². The Morgan fingerprint density at radius 1 is 1.14 bits per heavy atom. The number of ketones is 1. The quantitative estimate of drug-likeness (QED) is 0.436. The average Bonchev–Trinajstić information content (AvgIpc) is 3.30. The summed E-state index contributed by atoms with van der Waals surface area (Å²) < 4.78 is 7.53. The standard InChI is InChI=1S/C21H24N4O2S2/c1-14-4-6-17(7-5-14)25-20(24-8-10-27-11-9-24)22-23-21(25)28-13-19(26)18-12-15(2)29-16(18)3/h4-7,12H,8-11,13H2,1-3H3. The fourth-order valence-electron chi connectivity index (χ4n) is 3.36. The van der Waals surface area contributed by atoms with Crippen molar-refractivity contribution in [1.82, 2.24) is 14.8 Å². The van der Waals surface area contributed by atoms with Gasteiger partial charge >= 0.3 is 0 Å². The molecule has 2 aromatic heterocycles. The van der Waals surface area contributed by atoms with Crippen molar-refractivity contribution in [3.8, 4) is 5.69 Å². The van der Waals surface area contributed by atoms with E-state index in [-0.39, 0.29) is 5.78 Å². The van der Waals surface area contributed by atoms with Crippen LogP contribution >= 0.6 is 23.1 Å². The summed E-state index contributed by atoms with van der Waals surface area (Å²) in [6.45, 7) is 9.02. The number of Topliss-reactive ketones (excluding diaryl/α,β-unsaturated/α-hetero) is 1. The minimum absolute atomic E-state index is 0.128. The minimum atomic E-state index is 0.128. The predicted molar refractivity (Wildman–Crippen MR) is 118 cm³/mol. The molecular formula is C21H24N4O2S2. The van der Waals surface area contributed by atoms with Crippen LogP contribution in [0.15, 0.2) is 35.5 Å². The average molecular weight is 429 g/mol. The molecule has 0 saturated carbocycles. The highest BCUT2D eigenvalue weighted by molar-refractivity contribution is 7.99. The van der Waals surface area contributed by atoms with Crippen molar-refractivity contribution in [2.75, 3.05) is 37.0 Å². The molecule has 6 nitrogen and oxygen atoms in total. The van der Waals surface area contributed by atoms with Crippen molar-refractivity contribution < 1.29 is 9.53 Å². The number of carbonyl (C=O) groups is 1. The maximum Gasteiger partial charge on any atom is 0.232 e. The zero-order chi connectivity index (χ0) is 20.4. The van der Waals surface area contributed by atoms with E-state index in [9.17, 15) is 4.79 Å². The molecule has 1 aromatic carbocycles. The van der Waals surface area contributed by atoms with Crippen LogP contribution in [0.4, 0.5) is 5.95 Å². The molecule has 0 aliphatic carbocycles. The zero-order valence-corrected chi connectivity index (χ0v) is 18.5. The van der Waals surface area contributed by atoms with E-state index in [1.165, 1.54) is 17.3 Å². The summed E-state index contributed by atoms with van der Waals surface area (Å²) in [5, 5.41) is 9.62. The maximum atomic E-state index is 12.8. The fourth-order valence-corrected chi connectivity index (χ4v) is 5.13. The normalized spacial score (nSPS) is 14.4. The molecule has 0 spiro atoms. The van der Waals surface area contributed by atoms with Crippen molar-refractivity contribution in [3.63, 3.8) is 0 Å². The number of benzene rings is 1. The smallest absolute Gasteiger partial charge is 0.232 e. The summed E-state index contributed by atoms with van der Waals surface area (Å²) in [4.78, 5) is 17.2. The number of rotatable bonds is 6. The topological polar surface area (TPSA) is 60.2 Å². The first-order valence-corrected chi connectivity index (χ1v) is 11.4. The maximum absolute atomic E-state index is 12.8. The van der Waals surface area contributed by atoms with Crippen LogP contribution in [-0.4, -0.2) is 52.6 Å². The molecule has 8 heteroatoms. The van der Waals surface area contributed by atoms with Crippen molar-refractivity contribution >= 4 is 34.8 Å². The zero-order valence-electron chi connectivity index (χ0n) is 16.8. The van der Waals surface area contributed by atoms with Crippen LogP contribution in [0.5, 0.6) is 0 Å². The summed E-state index contributed by atoms with van der Waals surface area (Å²) in [5.74, 6) is 1.27. The molecule has 0 unspecified atom stereocenters. The minimum Gasteiger partial charge on any atom is -0.378 e. The van der Waals surface area contributed by atoms with E-state index < -0.39 is 0 Å². The molecule has 3 aromatic rings. The second-order valence-electron chi connectivity index (χ2n) is 7.09. The van der Waals surface area contributed by atoms with Gasteiger partial charge in [0.25, 0.3) is 0 Å². The van der Waals surface area contributed by atoms with Crippen molar-refractivity contribution in [2.24, 2.45) is 0 Å². The van der Waals surface area contributed by atoms with Gasteiger partial charge < -0.3 is 9.64 Å². The third kappa shape index (κ3) is 4.39. The number of thioether (sulfide) groups is 1. The monoisotopic (exact) mass is 428 g/mol. The molecule has 152 valence electrons. The van der Waals surface area contributed by atoms with Gasteiger partial charge in [-0.25, -0.2) is 0 Å². The molecule has 1 fully saturated rings. The lowest BCUT2D eigenvalue weighted by molar-refractivity contribution is 0.102. The molecule has 4 rings (SSSR count). The Balaban J connectivity index is 1.62. The number of thiophene rings is 1. The number of ether oxygens (including phenoxy) is 1. The third-order valence-electron chi connectivity index (χ3n) is 4.88. The van der Waals surface area contributed by atoms with Crippen LogP contribution < -0.4 is 4.90 Å². The number of morpholine rings is 1. The Bertz CT molecular complexity index is 1000. The first-order valence-electron chi connectivity index (χ1n) is 9.61. The first-order chi connectivity index (χ1) is 14.0. The molecule has 29 heavy (non-hydrogen) atoms. The summed E-state index contributed by atoms with van der Waals surface area (Å²) >= 11 is 3.10. The SMILES string of the molecule is Cc1ccc(-n2c(SCC(=O)c3cc(C)sc3C)nnc2N2CCOCC2)cc1. The first kappa shape index (κ1) is 20.1. The Morgan fingerprint density at radius 3 is 2.52 bits per heavy atom. The highest BCUT2D eigenvalue weighted by Gasteiger charge is 2.23. The van der Waals surface area contributed by atoms with Gasteiger partial charge in [-0.2, -0.15) is 0 Å². The Kier molecular flexibility index (Phi) is 6.03. The number of hydrogen-bond donors (Lipinski definition) is 0. The van der Waals surface area contributed by atoms with Gasteiger partial charge in [-0.1, -0.05) is 29.5 Å². The Morgan fingerprint density at radius 2 is 1.86 bits per heavy atom. The molecular weight excluding hydrogens is 404 g/mol. The summed E-state index contributed by atoms with van der Waals surface area (Å²) in [6.07, 6.45) is 0. The molecule has 3 heterocycles. The number of aromatic nitrogens is 3. The van der Waals surface area contributed by atoms with Gasteiger partial charge in [-0.15, -0.1) is 21.5 Å². The van der Waals surface area contributed by atoms with Gasteiger partial charge in [-0.3, -0.25) is 9.36 Å². The number of hydrogen-bond acceptors (Lipinski definition) is 7. The van der Waals surface area contributed by atoms with E-state index in [0.29, 0.717) is 19.0 Å². The number of aryl methyl sites for hydroxylation is 3. The molecule has 1 aliphatic rings. The second kappa shape index (κ2) is 8.69. The lowest BCUT2D eigenvalue weighted by Gasteiger charge is -2.27. The highest BCUT2D eigenvalue weighted by Crippen LogP contribution is 2.29. The van der Waals surface area contributed by atoms with Crippen molar-refractivity contribution in [3.05, 3.63) is 51.2 Å². The number of nitrogens with zero attached hydrogens (tertiary/aromatic N) is 4. The van der Waals surface area contributed by atoms with E-state index in [1.807, 2.05) is 19.9 Å². The fraction of sp³-hybridized carbons (Fsp3) is 0.381. The summed E-state index contributed by atoms with van der Waals surface area (Å²) in [6, 6.07) is 10.3. The van der Waals surface area contributed by atoms with Crippen LogP contribution in [0, 0.1) is 20.8 Å². The van der Waals surface area contributed by atoms with E-state index in [0.717, 1.165) is 45.2 Å². The molecule has 0 amide bonds. The highest BCUT2D eigenvalue weighted by atomic mass is 32.2. The van der Waals surface area contributed by atoms with E-state index in [4.69, 9.17) is 4.74 Å². The lowest BCUT2D eigenvalue weighted by Crippen LogP contribution is -2.37. The largest absolute Gasteiger partial charge is 0.378 e. The van der Waals surface area contributed by atoms with Gasteiger partial charge in [-0.05, 0) is 39.0 Å². The van der Waals surface area contributed by atoms with Crippen LogP contribution in [0.1, 0.15) is 25.7 Å². The molecule has 1 aliphatic heterocycles. The molecule has 0 bridgehead atoms. The van der Waals surface area contributed by atoms with Crippen molar-refractivity contribution in [1.29, 1.82) is 0 Å². The van der Waals surface area contributed by atoms with E-state index in [2.05, 4.69) is 50.9 Å². The van der Waals surface area contributed by atoms with Crippen LogP contribution in [0.3, 0.4) is 0 Å². The van der Waals surface area contributed by atoms with Crippen LogP contribution in [0.2, 0.25) is 0 Å². The summed E-state index contributed by atoms with van der Waals surface area (Å²) in [5.41, 5.74) is 3.01. The van der Waals surface area contributed by atoms with Crippen LogP contribution in [0.25, 0.3) is 5.69 Å². The molecule has 0 N–H and O–H groups in total. The molecule has 1 saturated heterocycles. The van der Waals surface area contributed by atoms with Crippen LogP contribution in [-0.2, 0) is 4.74 Å². The van der Waals surface area contributed by atoms with Gasteiger partial charge in [0.05, 0.1) is 24.7 Å². The number of carbonyl (C=O) groups excluding carboxylic acids is 1. The van der Waals surface area contributed by atoms with Gasteiger partial charge in [0.2, 0.25) is 5.95 Å². The van der Waals surface area contributed by atoms with Crippen molar-refractivity contribution in [2.45, 2.75) is 25.9 Å². The second-order valence-corrected chi connectivity index (χ2v) is 9.49. The summed E-state index contributed by atoms with van der Waals surface area (Å²) in [7, 11) is 0. The van der Waals surface area contributed by atoms with Gasteiger partial charge in [0.1, 0.15) is 0 Å². The third-order valence-corrected chi connectivity index (χ3v) is 6.77. The molecule has 0 radical (unpaired) electrons. The van der Waals surface area contributed by atoms with Gasteiger partial charge in [0.15, 0.2) is 10.9 Å². The Hall–Kier alpha value is -2.16. The lowest BCUT2D eigenvalue weighted by atomic mass is 10.2. The predicted octanol–water partition coefficient (Wildman–Crippen LogP) is 4.07. The van der Waals surface area contributed by atoms with Gasteiger partial charge in [0, 0.05) is 28.4 Å².